The molecular formula is C13H17FN2O2. The zero-order chi connectivity index (χ0) is 13.1. The molecule has 5 heteroatoms. The quantitative estimate of drug-likeness (QED) is 0.854. The van der Waals surface area contributed by atoms with E-state index < -0.39 is 11.7 Å². The van der Waals surface area contributed by atoms with Crippen molar-refractivity contribution >= 4 is 5.91 Å². The van der Waals surface area contributed by atoms with Crippen LogP contribution in [-0.4, -0.2) is 42.1 Å². The van der Waals surface area contributed by atoms with Gasteiger partial charge in [0.1, 0.15) is 11.6 Å². The van der Waals surface area contributed by atoms with Crippen molar-refractivity contribution in [2.45, 2.75) is 18.9 Å². The van der Waals surface area contributed by atoms with Crippen LogP contribution in [0.4, 0.5) is 4.39 Å². The molecule has 0 saturated carbocycles. The van der Waals surface area contributed by atoms with Crippen LogP contribution in [0, 0.1) is 5.82 Å². The molecule has 1 amide bonds. The first-order valence-corrected chi connectivity index (χ1v) is 6.05. The molecular weight excluding hydrogens is 235 g/mol. The number of hydrogen-bond acceptors (Lipinski definition) is 3. The molecule has 1 aliphatic rings. The summed E-state index contributed by atoms with van der Waals surface area (Å²) in [5.41, 5.74) is -0.0179. The number of nitrogens with one attached hydrogen (secondary N) is 1. The van der Waals surface area contributed by atoms with E-state index in [1.54, 1.807) is 0 Å². The molecule has 1 aromatic rings. The Kier molecular flexibility index (Phi) is 3.81. The zero-order valence-electron chi connectivity index (χ0n) is 10.3. The lowest BCUT2D eigenvalue weighted by Gasteiger charge is -2.19. The number of aromatic hydroxyl groups is 1. The molecule has 1 atom stereocenters. The fourth-order valence-corrected chi connectivity index (χ4v) is 2.23. The predicted octanol–water partition coefficient (Wildman–Crippen LogP) is 1.36. The molecule has 0 aliphatic carbocycles. The standard InChI is InChI=1S/C13H17FN2O2/c1-16-6-2-3-10(16)8-15-13(18)11-7-9(14)4-5-12(11)17/h4-5,7,10,17H,2-3,6,8H2,1H3,(H,15,18). The van der Waals surface area contributed by atoms with Crippen LogP contribution in [0.25, 0.3) is 0 Å². The Hall–Kier alpha value is -1.62. The Balaban J connectivity index is 1.97. The molecule has 1 aromatic carbocycles. The van der Waals surface area contributed by atoms with E-state index in [4.69, 9.17) is 0 Å². The van der Waals surface area contributed by atoms with Gasteiger partial charge in [0.25, 0.3) is 5.91 Å². The van der Waals surface area contributed by atoms with Gasteiger partial charge in [0.2, 0.25) is 0 Å². The van der Waals surface area contributed by atoms with E-state index in [-0.39, 0.29) is 11.3 Å². The third-order valence-corrected chi connectivity index (χ3v) is 3.37. The maximum Gasteiger partial charge on any atom is 0.255 e. The van der Waals surface area contributed by atoms with Gasteiger partial charge in [-0.1, -0.05) is 0 Å². The first-order valence-electron chi connectivity index (χ1n) is 6.05. The monoisotopic (exact) mass is 252 g/mol. The minimum absolute atomic E-state index is 0.0179. The summed E-state index contributed by atoms with van der Waals surface area (Å²) in [6.45, 7) is 1.55. The molecule has 2 N–H and O–H groups in total. The molecule has 18 heavy (non-hydrogen) atoms. The number of amides is 1. The molecule has 0 bridgehead atoms. The molecule has 1 fully saturated rings. The number of benzene rings is 1. The van der Waals surface area contributed by atoms with Gasteiger partial charge < -0.3 is 15.3 Å². The topological polar surface area (TPSA) is 52.6 Å². The number of halogens is 1. The molecule has 1 unspecified atom stereocenters. The van der Waals surface area contributed by atoms with Gasteiger partial charge in [-0.2, -0.15) is 0 Å². The van der Waals surface area contributed by atoms with Gasteiger partial charge in [0, 0.05) is 12.6 Å². The van der Waals surface area contributed by atoms with Crippen LogP contribution in [0.2, 0.25) is 0 Å². The maximum absolute atomic E-state index is 13.0. The van der Waals surface area contributed by atoms with Gasteiger partial charge >= 0.3 is 0 Å². The number of phenolic OH excluding ortho intramolecular Hbond substituents is 1. The second-order valence-electron chi connectivity index (χ2n) is 4.65. The van der Waals surface area contributed by atoms with Crippen LogP contribution >= 0.6 is 0 Å². The van der Waals surface area contributed by atoms with Crippen molar-refractivity contribution in [3.8, 4) is 5.75 Å². The third kappa shape index (κ3) is 2.79. The van der Waals surface area contributed by atoms with Crippen molar-refractivity contribution in [1.82, 2.24) is 10.2 Å². The number of phenols is 1. The predicted molar refractivity (Wildman–Crippen MR) is 66.1 cm³/mol. The smallest absolute Gasteiger partial charge is 0.255 e. The van der Waals surface area contributed by atoms with Gasteiger partial charge in [0.15, 0.2) is 0 Å². The van der Waals surface area contributed by atoms with Crippen LogP contribution in [0.3, 0.4) is 0 Å². The van der Waals surface area contributed by atoms with Crippen molar-refractivity contribution in [3.63, 3.8) is 0 Å². The van der Waals surface area contributed by atoms with Crippen LogP contribution in [0.15, 0.2) is 18.2 Å². The Bertz CT molecular complexity index is 451. The summed E-state index contributed by atoms with van der Waals surface area (Å²) in [6.07, 6.45) is 2.17. The lowest BCUT2D eigenvalue weighted by atomic mass is 10.1. The lowest BCUT2D eigenvalue weighted by Crippen LogP contribution is -2.38. The summed E-state index contributed by atoms with van der Waals surface area (Å²) in [6, 6.07) is 3.68. The molecule has 0 spiro atoms. The molecule has 0 radical (unpaired) electrons. The van der Waals surface area contributed by atoms with E-state index in [0.29, 0.717) is 12.6 Å². The van der Waals surface area contributed by atoms with Crippen LogP contribution in [-0.2, 0) is 0 Å². The number of carbonyl (C=O) groups excluding carboxylic acids is 1. The molecule has 1 saturated heterocycles. The number of rotatable bonds is 3. The van der Waals surface area contributed by atoms with Gasteiger partial charge in [-0.25, -0.2) is 4.39 Å². The minimum Gasteiger partial charge on any atom is -0.507 e. The number of carbonyl (C=O) groups is 1. The number of likely N-dealkylation sites (tertiary alicyclic amines) is 1. The largest absolute Gasteiger partial charge is 0.507 e. The molecule has 1 heterocycles. The second-order valence-corrected chi connectivity index (χ2v) is 4.65. The van der Waals surface area contributed by atoms with Crippen LogP contribution < -0.4 is 5.32 Å². The first kappa shape index (κ1) is 12.8. The minimum atomic E-state index is -0.532. The van der Waals surface area contributed by atoms with E-state index in [1.807, 2.05) is 7.05 Å². The highest BCUT2D eigenvalue weighted by molar-refractivity contribution is 5.96. The molecule has 2 rings (SSSR count). The molecule has 1 aliphatic heterocycles. The fraction of sp³-hybridized carbons (Fsp3) is 0.462. The summed E-state index contributed by atoms with van der Waals surface area (Å²) in [5, 5.41) is 12.2. The lowest BCUT2D eigenvalue weighted by molar-refractivity contribution is 0.0940. The van der Waals surface area contributed by atoms with Crippen molar-refractivity contribution < 1.29 is 14.3 Å². The second kappa shape index (κ2) is 5.35. The van der Waals surface area contributed by atoms with Gasteiger partial charge in [-0.3, -0.25) is 4.79 Å². The average molecular weight is 252 g/mol. The van der Waals surface area contributed by atoms with E-state index in [2.05, 4.69) is 10.2 Å². The fourth-order valence-electron chi connectivity index (χ4n) is 2.23. The average Bonchev–Trinajstić information content (AvgIpc) is 2.75. The Morgan fingerprint density at radius 1 is 1.61 bits per heavy atom. The summed E-state index contributed by atoms with van der Waals surface area (Å²) >= 11 is 0. The van der Waals surface area contributed by atoms with Gasteiger partial charge in [-0.15, -0.1) is 0 Å². The zero-order valence-corrected chi connectivity index (χ0v) is 10.3. The first-order chi connectivity index (χ1) is 8.58. The molecule has 0 aromatic heterocycles. The van der Waals surface area contributed by atoms with Gasteiger partial charge in [0.05, 0.1) is 5.56 Å². The van der Waals surface area contributed by atoms with Crippen molar-refractivity contribution in [1.29, 1.82) is 0 Å². The number of hydrogen-bond donors (Lipinski definition) is 2. The van der Waals surface area contributed by atoms with Crippen molar-refractivity contribution in [3.05, 3.63) is 29.6 Å². The summed E-state index contributed by atoms with van der Waals surface area (Å²) in [5.74, 6) is -1.17. The normalized spacial score (nSPS) is 20.0. The van der Waals surface area contributed by atoms with E-state index >= 15 is 0 Å². The molecule has 4 nitrogen and oxygen atoms in total. The summed E-state index contributed by atoms with van der Waals surface area (Å²) in [4.78, 5) is 14.0. The van der Waals surface area contributed by atoms with E-state index in [9.17, 15) is 14.3 Å². The van der Waals surface area contributed by atoms with Crippen molar-refractivity contribution in [2.75, 3.05) is 20.1 Å². The Morgan fingerprint density at radius 2 is 2.39 bits per heavy atom. The Morgan fingerprint density at radius 3 is 3.06 bits per heavy atom. The number of likely N-dealkylation sites (N-methyl/N-ethyl adjacent to an activating group) is 1. The summed E-state index contributed by atoms with van der Waals surface area (Å²) < 4.78 is 13.0. The highest BCUT2D eigenvalue weighted by Crippen LogP contribution is 2.18. The third-order valence-electron chi connectivity index (χ3n) is 3.37. The summed E-state index contributed by atoms with van der Waals surface area (Å²) in [7, 11) is 2.02. The molecule has 98 valence electrons. The van der Waals surface area contributed by atoms with Crippen LogP contribution in [0.1, 0.15) is 23.2 Å². The maximum atomic E-state index is 13.0. The Labute approximate surface area is 105 Å². The van der Waals surface area contributed by atoms with Gasteiger partial charge in [-0.05, 0) is 44.6 Å². The number of nitrogens with zero attached hydrogens (tertiary/aromatic N) is 1. The highest BCUT2D eigenvalue weighted by atomic mass is 19.1. The highest BCUT2D eigenvalue weighted by Gasteiger charge is 2.22. The van der Waals surface area contributed by atoms with E-state index in [0.717, 1.165) is 31.5 Å². The SMILES string of the molecule is CN1CCCC1CNC(=O)c1cc(F)ccc1O. The van der Waals surface area contributed by atoms with E-state index in [1.165, 1.54) is 6.07 Å². The van der Waals surface area contributed by atoms with Crippen molar-refractivity contribution in [2.24, 2.45) is 0 Å². The van der Waals surface area contributed by atoms with Crippen LogP contribution in [0.5, 0.6) is 5.75 Å².